The zero-order valence-corrected chi connectivity index (χ0v) is 12.3. The molecular weight excluding hydrogens is 268 g/mol. The zero-order valence-electron chi connectivity index (χ0n) is 12.3. The van der Waals surface area contributed by atoms with E-state index < -0.39 is 5.97 Å². The average molecular weight is 290 g/mol. The third-order valence-electron chi connectivity index (χ3n) is 4.09. The minimum atomic E-state index is -0.840. The minimum absolute atomic E-state index is 0.0544. The molecule has 0 aliphatic heterocycles. The fourth-order valence-corrected chi connectivity index (χ4v) is 2.52. The Bertz CT molecular complexity index is 512. The van der Waals surface area contributed by atoms with Gasteiger partial charge in [-0.2, -0.15) is 0 Å². The predicted octanol–water partition coefficient (Wildman–Crippen LogP) is 3.01. The van der Waals surface area contributed by atoms with Gasteiger partial charge >= 0.3 is 12.0 Å². The molecule has 21 heavy (non-hydrogen) atoms. The van der Waals surface area contributed by atoms with E-state index in [0.29, 0.717) is 18.0 Å². The minimum Gasteiger partial charge on any atom is -0.481 e. The van der Waals surface area contributed by atoms with Gasteiger partial charge in [-0.1, -0.05) is 24.6 Å². The molecule has 5 heteroatoms. The number of hydrogen-bond acceptors (Lipinski definition) is 2. The van der Waals surface area contributed by atoms with Crippen molar-refractivity contribution in [3.8, 4) is 0 Å². The molecule has 2 rings (SSSR count). The van der Waals surface area contributed by atoms with Gasteiger partial charge in [0.15, 0.2) is 0 Å². The molecule has 2 amide bonds. The Balaban J connectivity index is 1.91. The van der Waals surface area contributed by atoms with Gasteiger partial charge in [-0.25, -0.2) is 4.79 Å². The molecule has 0 aromatic heterocycles. The highest BCUT2D eigenvalue weighted by Crippen LogP contribution is 2.29. The van der Waals surface area contributed by atoms with Gasteiger partial charge in [0.1, 0.15) is 0 Å². The number of carboxylic acid groups (broad SMARTS) is 1. The SMILES string of the molecule is CC(NC(=O)Nc1ccccc1CCC(=O)O)C1CCC1. The largest absolute Gasteiger partial charge is 0.481 e. The van der Waals surface area contributed by atoms with Gasteiger partial charge in [-0.3, -0.25) is 4.79 Å². The van der Waals surface area contributed by atoms with Crippen LogP contribution in [0.4, 0.5) is 10.5 Å². The molecule has 1 fully saturated rings. The highest BCUT2D eigenvalue weighted by atomic mass is 16.4. The zero-order chi connectivity index (χ0) is 15.2. The summed E-state index contributed by atoms with van der Waals surface area (Å²) < 4.78 is 0. The lowest BCUT2D eigenvalue weighted by atomic mass is 9.80. The van der Waals surface area contributed by atoms with E-state index in [1.165, 1.54) is 19.3 Å². The van der Waals surface area contributed by atoms with E-state index >= 15 is 0 Å². The second-order valence-electron chi connectivity index (χ2n) is 5.63. The van der Waals surface area contributed by atoms with Crippen LogP contribution in [0.5, 0.6) is 0 Å². The molecule has 0 saturated heterocycles. The molecule has 1 aliphatic rings. The van der Waals surface area contributed by atoms with E-state index in [-0.39, 0.29) is 18.5 Å². The standard InChI is InChI=1S/C16H22N2O3/c1-11(12-6-4-7-12)17-16(21)18-14-8-3-2-5-13(14)9-10-15(19)20/h2-3,5,8,11-12H,4,6-7,9-10H2,1H3,(H,19,20)(H2,17,18,21). The van der Waals surface area contributed by atoms with Gasteiger partial charge in [-0.05, 0) is 43.7 Å². The maximum absolute atomic E-state index is 12.0. The second kappa shape index (κ2) is 7.11. The number of benzene rings is 1. The van der Waals surface area contributed by atoms with E-state index in [2.05, 4.69) is 10.6 Å². The molecule has 0 bridgehead atoms. The first-order valence-electron chi connectivity index (χ1n) is 7.43. The highest BCUT2D eigenvalue weighted by Gasteiger charge is 2.25. The van der Waals surface area contributed by atoms with E-state index in [4.69, 9.17) is 5.11 Å². The number of nitrogens with one attached hydrogen (secondary N) is 2. The molecule has 0 radical (unpaired) electrons. The van der Waals surface area contributed by atoms with Crippen molar-refractivity contribution < 1.29 is 14.7 Å². The van der Waals surface area contributed by atoms with Crippen LogP contribution in [0.3, 0.4) is 0 Å². The molecule has 0 heterocycles. The molecule has 1 aliphatic carbocycles. The molecule has 1 saturated carbocycles. The lowest BCUT2D eigenvalue weighted by molar-refractivity contribution is -0.136. The molecule has 1 unspecified atom stereocenters. The summed E-state index contributed by atoms with van der Waals surface area (Å²) in [4.78, 5) is 22.7. The summed E-state index contributed by atoms with van der Waals surface area (Å²) in [6.45, 7) is 2.03. The fraction of sp³-hybridized carbons (Fsp3) is 0.500. The van der Waals surface area contributed by atoms with Crippen LogP contribution in [0.2, 0.25) is 0 Å². The number of amides is 2. The first-order valence-corrected chi connectivity index (χ1v) is 7.43. The Morgan fingerprint density at radius 2 is 2.05 bits per heavy atom. The van der Waals surface area contributed by atoms with E-state index in [1.54, 1.807) is 6.07 Å². The molecule has 114 valence electrons. The first-order chi connectivity index (χ1) is 10.1. The summed E-state index contributed by atoms with van der Waals surface area (Å²) in [5, 5.41) is 14.5. The molecule has 5 nitrogen and oxygen atoms in total. The Morgan fingerprint density at radius 3 is 2.67 bits per heavy atom. The number of hydrogen-bond donors (Lipinski definition) is 3. The Labute approximate surface area is 124 Å². The van der Waals surface area contributed by atoms with Crippen molar-refractivity contribution >= 4 is 17.7 Å². The third-order valence-corrected chi connectivity index (χ3v) is 4.09. The van der Waals surface area contributed by atoms with Crippen molar-refractivity contribution in [1.82, 2.24) is 5.32 Å². The molecular formula is C16H22N2O3. The van der Waals surface area contributed by atoms with Crippen LogP contribution < -0.4 is 10.6 Å². The normalized spacial score (nSPS) is 15.9. The maximum atomic E-state index is 12.0. The van der Waals surface area contributed by atoms with E-state index in [1.807, 2.05) is 25.1 Å². The molecule has 1 atom stereocenters. The van der Waals surface area contributed by atoms with Gasteiger partial charge in [0.05, 0.1) is 0 Å². The molecule has 1 aromatic rings. The quantitative estimate of drug-likeness (QED) is 0.753. The van der Waals surface area contributed by atoms with Crippen LogP contribution >= 0.6 is 0 Å². The Kier molecular flexibility index (Phi) is 5.20. The van der Waals surface area contributed by atoms with E-state index in [9.17, 15) is 9.59 Å². The van der Waals surface area contributed by atoms with Crippen LogP contribution in [0.15, 0.2) is 24.3 Å². The first kappa shape index (κ1) is 15.4. The van der Waals surface area contributed by atoms with Crippen LogP contribution in [0, 0.1) is 5.92 Å². The summed E-state index contributed by atoms with van der Waals surface area (Å²) >= 11 is 0. The summed E-state index contributed by atoms with van der Waals surface area (Å²) in [6.07, 6.45) is 4.06. The highest BCUT2D eigenvalue weighted by molar-refractivity contribution is 5.90. The van der Waals surface area contributed by atoms with Crippen molar-refractivity contribution in [2.75, 3.05) is 5.32 Å². The van der Waals surface area contributed by atoms with Crippen LogP contribution in [0.1, 0.15) is 38.2 Å². The second-order valence-corrected chi connectivity index (χ2v) is 5.63. The van der Waals surface area contributed by atoms with Crippen molar-refractivity contribution in [1.29, 1.82) is 0 Å². The van der Waals surface area contributed by atoms with Gasteiger partial charge < -0.3 is 15.7 Å². The number of anilines is 1. The van der Waals surface area contributed by atoms with Crippen LogP contribution in [-0.2, 0) is 11.2 Å². The Morgan fingerprint density at radius 1 is 1.33 bits per heavy atom. The summed E-state index contributed by atoms with van der Waals surface area (Å²) in [5.41, 5.74) is 1.52. The van der Waals surface area contributed by atoms with Crippen molar-refractivity contribution in [3.05, 3.63) is 29.8 Å². The van der Waals surface area contributed by atoms with Crippen molar-refractivity contribution in [2.24, 2.45) is 5.92 Å². The molecule has 1 aromatic carbocycles. The molecule has 3 N–H and O–H groups in total. The summed E-state index contributed by atoms with van der Waals surface area (Å²) in [7, 11) is 0. The number of carbonyl (C=O) groups is 2. The van der Waals surface area contributed by atoms with Gasteiger partial charge in [0.25, 0.3) is 0 Å². The summed E-state index contributed by atoms with van der Waals surface area (Å²) in [5.74, 6) is -0.258. The average Bonchev–Trinajstić information content (AvgIpc) is 2.35. The Hall–Kier alpha value is -2.04. The number of aryl methyl sites for hydroxylation is 1. The van der Waals surface area contributed by atoms with Crippen LogP contribution in [-0.4, -0.2) is 23.1 Å². The van der Waals surface area contributed by atoms with Crippen molar-refractivity contribution in [3.63, 3.8) is 0 Å². The summed E-state index contributed by atoms with van der Waals surface area (Å²) in [6, 6.07) is 7.26. The third kappa shape index (κ3) is 4.48. The lowest BCUT2D eigenvalue weighted by Gasteiger charge is -2.31. The fourth-order valence-electron chi connectivity index (χ4n) is 2.52. The topological polar surface area (TPSA) is 78.4 Å². The smallest absolute Gasteiger partial charge is 0.319 e. The number of para-hydroxylation sites is 1. The monoisotopic (exact) mass is 290 g/mol. The maximum Gasteiger partial charge on any atom is 0.319 e. The lowest BCUT2D eigenvalue weighted by Crippen LogP contribution is -2.42. The number of carbonyl (C=O) groups excluding carboxylic acids is 1. The number of carboxylic acids is 1. The molecule has 0 spiro atoms. The van der Waals surface area contributed by atoms with Crippen LogP contribution in [0.25, 0.3) is 0 Å². The number of aliphatic carboxylic acids is 1. The van der Waals surface area contributed by atoms with Crippen molar-refractivity contribution in [2.45, 2.75) is 45.1 Å². The predicted molar refractivity (Wildman–Crippen MR) is 81.4 cm³/mol. The van der Waals surface area contributed by atoms with E-state index in [0.717, 1.165) is 5.56 Å². The van der Waals surface area contributed by atoms with Gasteiger partial charge in [-0.15, -0.1) is 0 Å². The van der Waals surface area contributed by atoms with Gasteiger partial charge in [0.2, 0.25) is 0 Å². The van der Waals surface area contributed by atoms with Gasteiger partial charge in [0, 0.05) is 18.2 Å². The number of urea groups is 1. The number of rotatable bonds is 6.